The van der Waals surface area contributed by atoms with Crippen LogP contribution in [0.2, 0.25) is 0 Å². The average molecular weight is 675 g/mol. The molecular weight excluding hydrogens is 620 g/mol. The fourth-order valence-electron chi connectivity index (χ4n) is 6.61. The molecule has 0 radical (unpaired) electrons. The Morgan fingerprint density at radius 3 is 2.55 bits per heavy atom. The Balaban J connectivity index is 0.00000130. The number of nitrogens with two attached hydrogens (primary N) is 1. The summed E-state index contributed by atoms with van der Waals surface area (Å²) >= 11 is 0. The van der Waals surface area contributed by atoms with E-state index in [1.807, 2.05) is 44.2 Å². The van der Waals surface area contributed by atoms with Crippen LogP contribution in [0, 0.1) is 0 Å². The van der Waals surface area contributed by atoms with Gasteiger partial charge in [-0.3, -0.25) is 4.90 Å². The van der Waals surface area contributed by atoms with E-state index in [9.17, 15) is 9.59 Å². The second-order valence-electron chi connectivity index (χ2n) is 12.5. The Bertz CT molecular complexity index is 1510. The van der Waals surface area contributed by atoms with Gasteiger partial charge in [-0.2, -0.15) is 0 Å². The molecule has 1 atom stereocenters. The number of carbonyl (C=O) groups excluding carboxylic acids is 2. The number of carbonyl (C=O) groups is 2. The van der Waals surface area contributed by atoms with Crippen LogP contribution >= 0.6 is 0 Å². The van der Waals surface area contributed by atoms with Gasteiger partial charge in [0.05, 0.1) is 0 Å². The van der Waals surface area contributed by atoms with Crippen molar-refractivity contribution in [1.82, 2.24) is 19.9 Å². The highest BCUT2D eigenvalue weighted by Gasteiger charge is 2.51. The number of nitrogens with zero attached hydrogens (tertiary/aromatic N) is 5. The van der Waals surface area contributed by atoms with Crippen molar-refractivity contribution in [3.63, 3.8) is 0 Å². The van der Waals surface area contributed by atoms with Crippen LogP contribution in [0.5, 0.6) is 0 Å². The number of ether oxygens (including phenoxy) is 2. The molecule has 3 aliphatic heterocycles. The monoisotopic (exact) mass is 674 g/mol. The van der Waals surface area contributed by atoms with Crippen molar-refractivity contribution in [2.45, 2.75) is 97.4 Å². The highest BCUT2D eigenvalue weighted by molar-refractivity contribution is 5.86. The van der Waals surface area contributed by atoms with Crippen molar-refractivity contribution in [1.29, 1.82) is 0 Å². The molecule has 5 heterocycles. The molecule has 49 heavy (non-hydrogen) atoms. The number of cyclic esters (lactones) is 1. The van der Waals surface area contributed by atoms with E-state index < -0.39 is 23.8 Å². The average Bonchev–Trinajstić information content (AvgIpc) is 3.38. The van der Waals surface area contributed by atoms with E-state index in [0.717, 1.165) is 80.9 Å². The molecule has 2 saturated heterocycles. The minimum atomic E-state index is -1.15. The predicted molar refractivity (Wildman–Crippen MR) is 194 cm³/mol. The number of hydrogen-bond acceptors (Lipinski definition) is 11. The molecule has 0 spiro atoms. The van der Waals surface area contributed by atoms with Gasteiger partial charge in [-0.05, 0) is 70.2 Å². The number of anilines is 3. The largest absolute Gasteiger partial charge is 0.444 e. The molecule has 4 N–H and O–H groups in total. The fourth-order valence-corrected chi connectivity index (χ4v) is 6.61. The number of hydrogen-bond donors (Lipinski definition) is 3. The van der Waals surface area contributed by atoms with Crippen LogP contribution in [0.4, 0.5) is 22.2 Å². The summed E-state index contributed by atoms with van der Waals surface area (Å²) in [4.78, 5) is 44.2. The number of rotatable bonds is 9. The van der Waals surface area contributed by atoms with E-state index in [1.54, 1.807) is 20.2 Å². The van der Waals surface area contributed by atoms with E-state index in [2.05, 4.69) is 45.3 Å². The molecule has 0 saturated carbocycles. The van der Waals surface area contributed by atoms with Crippen molar-refractivity contribution in [2.75, 3.05) is 48.8 Å². The molecule has 2 fully saturated rings. The van der Waals surface area contributed by atoms with Gasteiger partial charge in [0.25, 0.3) is 0 Å². The third kappa shape index (κ3) is 8.97. The zero-order chi connectivity index (χ0) is 35.4. The highest BCUT2D eigenvalue weighted by Crippen LogP contribution is 2.35. The number of benzene rings is 1. The second kappa shape index (κ2) is 17.8. The van der Waals surface area contributed by atoms with Crippen LogP contribution in [-0.4, -0.2) is 76.9 Å². The number of amides is 1. The normalized spacial score (nSPS) is 18.1. The standard InChI is InChI=1S/C34H43N7O4.C2H6.CH5N/c1-4-9-26-30(36-20-28-32(42)45-34(2,3)41(28)33(43)44-21-23-10-6-5-7-11-23)37-22-38-31(26)40-18-15-24(16-19-40)27-14-13-25-12-8-17-35-29(25)39-27;2*1-2/h5-7,10-11,13-14,22,24,28H,4,8-9,12,15-21H2,1-3H3,(H,35,39)(H,36,37,38);1-2H3;2H2,1H3. The molecule has 3 aromatic rings. The minimum absolute atomic E-state index is 0.104. The molecule has 266 valence electrons. The first-order chi connectivity index (χ1) is 23.8. The second-order valence-corrected chi connectivity index (χ2v) is 12.5. The van der Waals surface area contributed by atoms with Gasteiger partial charge in [0.1, 0.15) is 30.4 Å². The zero-order valence-corrected chi connectivity index (χ0v) is 30.0. The van der Waals surface area contributed by atoms with Gasteiger partial charge in [-0.1, -0.05) is 63.6 Å². The maximum absolute atomic E-state index is 13.2. The van der Waals surface area contributed by atoms with Gasteiger partial charge in [0, 0.05) is 43.4 Å². The number of esters is 1. The lowest BCUT2D eigenvalue weighted by Gasteiger charge is -2.34. The van der Waals surface area contributed by atoms with Crippen LogP contribution < -0.4 is 21.3 Å². The van der Waals surface area contributed by atoms with Crippen molar-refractivity contribution in [3.8, 4) is 0 Å². The summed E-state index contributed by atoms with van der Waals surface area (Å²) in [6.45, 7) is 12.5. The van der Waals surface area contributed by atoms with E-state index in [1.165, 1.54) is 23.2 Å². The molecule has 1 unspecified atom stereocenters. The summed E-state index contributed by atoms with van der Waals surface area (Å²) in [5, 5.41) is 6.83. The lowest BCUT2D eigenvalue weighted by atomic mass is 9.92. The van der Waals surface area contributed by atoms with Gasteiger partial charge in [-0.25, -0.2) is 24.5 Å². The van der Waals surface area contributed by atoms with Crippen molar-refractivity contribution >= 4 is 29.5 Å². The third-order valence-electron chi connectivity index (χ3n) is 8.93. The molecule has 1 amide bonds. The Kier molecular flexibility index (Phi) is 13.6. The number of fused-ring (bicyclic) bond motifs is 1. The summed E-state index contributed by atoms with van der Waals surface area (Å²) in [5.41, 5.74) is 7.71. The molecule has 3 aliphatic rings. The van der Waals surface area contributed by atoms with Gasteiger partial charge in [0.2, 0.25) is 0 Å². The molecule has 0 bridgehead atoms. The minimum Gasteiger partial charge on any atom is -0.444 e. The third-order valence-corrected chi connectivity index (χ3v) is 8.93. The quantitative estimate of drug-likeness (QED) is 0.234. The van der Waals surface area contributed by atoms with E-state index in [-0.39, 0.29) is 13.2 Å². The predicted octanol–water partition coefficient (Wildman–Crippen LogP) is 5.88. The van der Waals surface area contributed by atoms with E-state index in [4.69, 9.17) is 19.4 Å². The Morgan fingerprint density at radius 2 is 1.84 bits per heavy atom. The summed E-state index contributed by atoms with van der Waals surface area (Å²) in [5.74, 6) is 2.57. The van der Waals surface area contributed by atoms with Crippen LogP contribution in [-0.2, 0) is 33.7 Å². The van der Waals surface area contributed by atoms with Gasteiger partial charge < -0.3 is 30.7 Å². The van der Waals surface area contributed by atoms with Crippen molar-refractivity contribution in [2.24, 2.45) is 5.73 Å². The number of pyridine rings is 1. The number of aryl methyl sites for hydroxylation is 1. The molecule has 6 rings (SSSR count). The first kappa shape index (κ1) is 37.4. The van der Waals surface area contributed by atoms with E-state index in [0.29, 0.717) is 11.7 Å². The highest BCUT2D eigenvalue weighted by atomic mass is 16.6. The van der Waals surface area contributed by atoms with Crippen molar-refractivity contribution in [3.05, 3.63) is 71.2 Å². The SMILES string of the molecule is CC.CCCc1c(NCC2C(=O)OC(C)(C)N2C(=O)OCc2ccccc2)ncnc1N1CCC(c2ccc3c(n2)NCCC3)CC1.CN. The summed E-state index contributed by atoms with van der Waals surface area (Å²) in [7, 11) is 1.50. The lowest BCUT2D eigenvalue weighted by molar-refractivity contribution is -0.148. The Hall–Kier alpha value is -4.45. The topological polar surface area (TPSA) is 148 Å². The van der Waals surface area contributed by atoms with Crippen molar-refractivity contribution < 1.29 is 19.1 Å². The van der Waals surface area contributed by atoms with Gasteiger partial charge >= 0.3 is 12.1 Å². The molecule has 1 aromatic carbocycles. The smallest absolute Gasteiger partial charge is 0.414 e. The maximum atomic E-state index is 13.2. The zero-order valence-electron chi connectivity index (χ0n) is 30.0. The molecule has 0 aliphatic carbocycles. The lowest BCUT2D eigenvalue weighted by Crippen LogP contribution is -2.50. The maximum Gasteiger partial charge on any atom is 0.414 e. The number of piperidine rings is 1. The summed E-state index contributed by atoms with van der Waals surface area (Å²) in [6, 6.07) is 13.0. The van der Waals surface area contributed by atoms with Crippen LogP contribution in [0.3, 0.4) is 0 Å². The molecular formula is C37H54N8O4. The van der Waals surface area contributed by atoms with Gasteiger partial charge in [-0.15, -0.1) is 0 Å². The summed E-state index contributed by atoms with van der Waals surface area (Å²) < 4.78 is 11.2. The molecule has 12 heteroatoms. The first-order valence-corrected chi connectivity index (χ1v) is 17.7. The first-order valence-electron chi connectivity index (χ1n) is 17.7. The molecule has 12 nitrogen and oxygen atoms in total. The van der Waals surface area contributed by atoms with Gasteiger partial charge in [0.15, 0.2) is 11.8 Å². The van der Waals surface area contributed by atoms with E-state index >= 15 is 0 Å². The van der Waals surface area contributed by atoms with Crippen LogP contribution in [0.25, 0.3) is 0 Å². The Labute approximate surface area is 291 Å². The fraction of sp³-hybridized carbons (Fsp3) is 0.541. The Morgan fingerprint density at radius 1 is 1.10 bits per heavy atom. The number of nitrogens with one attached hydrogen (secondary N) is 2. The summed E-state index contributed by atoms with van der Waals surface area (Å²) in [6.07, 6.45) is 6.89. The molecule has 2 aromatic heterocycles. The number of aromatic nitrogens is 3. The van der Waals surface area contributed by atoms with Crippen LogP contribution in [0.1, 0.15) is 88.6 Å². The van der Waals surface area contributed by atoms with Crippen LogP contribution in [0.15, 0.2) is 48.8 Å².